The van der Waals surface area contributed by atoms with Gasteiger partial charge in [0.25, 0.3) is 0 Å². The van der Waals surface area contributed by atoms with Crippen molar-refractivity contribution in [2.24, 2.45) is 0 Å². The van der Waals surface area contributed by atoms with Crippen molar-refractivity contribution < 1.29 is 9.53 Å². The van der Waals surface area contributed by atoms with Crippen LogP contribution in [0.4, 0.5) is 0 Å². The Kier molecular flexibility index (Phi) is 4.94. The highest BCUT2D eigenvalue weighted by Crippen LogP contribution is 2.05. The van der Waals surface area contributed by atoms with Crippen LogP contribution in [-0.2, 0) is 16.1 Å². The smallest absolute Gasteiger partial charge is 0.148 e. The van der Waals surface area contributed by atoms with E-state index in [2.05, 4.69) is 0 Å². The van der Waals surface area contributed by atoms with Gasteiger partial charge in [-0.2, -0.15) is 0 Å². The number of ether oxygens (including phenoxy) is 1. The predicted octanol–water partition coefficient (Wildman–Crippen LogP) is 2.57. The summed E-state index contributed by atoms with van der Waals surface area (Å²) in [4.78, 5) is 10.6. The first-order valence-corrected chi connectivity index (χ1v) is 4.97. The van der Waals surface area contributed by atoms with E-state index < -0.39 is 0 Å². The molecule has 0 aliphatic carbocycles. The number of carbonyl (C=O) groups excluding carboxylic acids is 1. The van der Waals surface area contributed by atoms with Crippen LogP contribution in [0.3, 0.4) is 0 Å². The Labute approximate surface area is 84.9 Å². The average molecular weight is 192 g/mol. The summed E-state index contributed by atoms with van der Waals surface area (Å²) in [5.41, 5.74) is 1.11. The molecule has 2 nitrogen and oxygen atoms in total. The zero-order valence-corrected chi connectivity index (χ0v) is 8.48. The molecule has 0 saturated heterocycles. The molecular weight excluding hydrogens is 176 g/mol. The molecule has 0 aromatic heterocycles. The molecule has 1 unspecified atom stereocenters. The van der Waals surface area contributed by atoms with Crippen LogP contribution in [0.5, 0.6) is 0 Å². The molecule has 0 bridgehead atoms. The van der Waals surface area contributed by atoms with Crippen LogP contribution in [0.15, 0.2) is 30.3 Å². The first-order chi connectivity index (χ1) is 6.86. The zero-order valence-electron chi connectivity index (χ0n) is 8.48. The van der Waals surface area contributed by atoms with Gasteiger partial charge in [-0.15, -0.1) is 0 Å². The third kappa shape index (κ3) is 3.71. The van der Waals surface area contributed by atoms with Gasteiger partial charge >= 0.3 is 0 Å². The number of carbonyl (C=O) groups is 1. The van der Waals surface area contributed by atoms with E-state index in [4.69, 9.17) is 4.74 Å². The van der Waals surface area contributed by atoms with Crippen LogP contribution in [0.25, 0.3) is 0 Å². The number of hydrogen-bond acceptors (Lipinski definition) is 2. The van der Waals surface area contributed by atoms with Crippen molar-refractivity contribution >= 4 is 6.29 Å². The second-order valence-corrected chi connectivity index (χ2v) is 3.26. The molecule has 14 heavy (non-hydrogen) atoms. The Bertz CT molecular complexity index is 256. The fourth-order valence-electron chi connectivity index (χ4n) is 1.25. The number of rotatable bonds is 6. The predicted molar refractivity (Wildman–Crippen MR) is 56.0 cm³/mol. The van der Waals surface area contributed by atoms with Crippen molar-refractivity contribution in [1.82, 2.24) is 0 Å². The molecule has 0 fully saturated rings. The second kappa shape index (κ2) is 6.33. The minimum absolute atomic E-state index is 0.250. The quantitative estimate of drug-likeness (QED) is 0.647. The molecule has 76 valence electrons. The molecule has 1 rings (SSSR count). The van der Waals surface area contributed by atoms with Gasteiger partial charge in [-0.05, 0) is 12.0 Å². The number of hydrogen-bond donors (Lipinski definition) is 0. The molecule has 0 radical (unpaired) electrons. The van der Waals surface area contributed by atoms with Gasteiger partial charge in [0.05, 0.1) is 6.61 Å². The maximum Gasteiger partial charge on any atom is 0.148 e. The van der Waals surface area contributed by atoms with E-state index in [0.717, 1.165) is 24.7 Å². The van der Waals surface area contributed by atoms with Crippen molar-refractivity contribution in [3.63, 3.8) is 0 Å². The van der Waals surface area contributed by atoms with Crippen molar-refractivity contribution in [3.05, 3.63) is 35.9 Å². The van der Waals surface area contributed by atoms with Gasteiger partial charge in [0.2, 0.25) is 0 Å². The third-order valence-electron chi connectivity index (χ3n) is 2.03. The minimum Gasteiger partial charge on any atom is -0.366 e. The molecule has 0 aliphatic heterocycles. The van der Waals surface area contributed by atoms with E-state index >= 15 is 0 Å². The lowest BCUT2D eigenvalue weighted by molar-refractivity contribution is -0.119. The van der Waals surface area contributed by atoms with E-state index in [1.807, 2.05) is 37.3 Å². The van der Waals surface area contributed by atoms with Crippen LogP contribution in [0, 0.1) is 0 Å². The van der Waals surface area contributed by atoms with Gasteiger partial charge in [-0.3, -0.25) is 0 Å². The maximum atomic E-state index is 10.6. The van der Waals surface area contributed by atoms with Crippen LogP contribution in [-0.4, -0.2) is 12.4 Å². The van der Waals surface area contributed by atoms with Crippen molar-refractivity contribution in [2.75, 3.05) is 0 Å². The number of aldehydes is 1. The summed E-state index contributed by atoms with van der Waals surface area (Å²) < 4.78 is 5.45. The van der Waals surface area contributed by atoms with Crippen LogP contribution in [0.1, 0.15) is 25.3 Å². The molecule has 1 aromatic carbocycles. The Morgan fingerprint density at radius 2 is 2.07 bits per heavy atom. The minimum atomic E-state index is -0.250. The number of benzene rings is 1. The third-order valence-corrected chi connectivity index (χ3v) is 2.03. The van der Waals surface area contributed by atoms with E-state index in [9.17, 15) is 4.79 Å². The fraction of sp³-hybridized carbons (Fsp3) is 0.417. The van der Waals surface area contributed by atoms with Crippen molar-refractivity contribution in [3.8, 4) is 0 Å². The van der Waals surface area contributed by atoms with Crippen LogP contribution in [0.2, 0.25) is 0 Å². The summed E-state index contributed by atoms with van der Waals surface area (Å²) in [5, 5.41) is 0. The largest absolute Gasteiger partial charge is 0.366 e. The summed E-state index contributed by atoms with van der Waals surface area (Å²) in [6, 6.07) is 9.89. The average Bonchev–Trinajstić information content (AvgIpc) is 2.25. The topological polar surface area (TPSA) is 26.3 Å². The van der Waals surface area contributed by atoms with Crippen molar-refractivity contribution in [1.29, 1.82) is 0 Å². The highest BCUT2D eigenvalue weighted by atomic mass is 16.5. The van der Waals surface area contributed by atoms with Gasteiger partial charge in [-0.25, -0.2) is 0 Å². The SMILES string of the molecule is CCCC(C=O)OCc1ccccc1. The molecule has 0 aliphatic rings. The summed E-state index contributed by atoms with van der Waals surface area (Å²) in [7, 11) is 0. The fourth-order valence-corrected chi connectivity index (χ4v) is 1.25. The molecule has 1 atom stereocenters. The van der Waals surface area contributed by atoms with Crippen LogP contribution >= 0.6 is 0 Å². The molecule has 0 N–H and O–H groups in total. The van der Waals surface area contributed by atoms with E-state index in [0.29, 0.717) is 6.61 Å². The molecule has 1 aromatic rings. The van der Waals surface area contributed by atoms with Crippen LogP contribution < -0.4 is 0 Å². The monoisotopic (exact) mass is 192 g/mol. The molecule has 0 spiro atoms. The Balaban J connectivity index is 2.35. The summed E-state index contributed by atoms with van der Waals surface area (Å²) >= 11 is 0. The zero-order chi connectivity index (χ0) is 10.2. The van der Waals surface area contributed by atoms with Gasteiger partial charge in [-0.1, -0.05) is 43.7 Å². The highest BCUT2D eigenvalue weighted by Gasteiger charge is 2.05. The maximum absolute atomic E-state index is 10.6. The summed E-state index contributed by atoms with van der Waals surface area (Å²) in [5.74, 6) is 0. The van der Waals surface area contributed by atoms with Gasteiger partial charge < -0.3 is 9.53 Å². The normalized spacial score (nSPS) is 12.4. The molecule has 0 amide bonds. The molecule has 2 heteroatoms. The van der Waals surface area contributed by atoms with E-state index in [1.165, 1.54) is 0 Å². The standard InChI is InChI=1S/C12H16O2/c1-2-6-12(9-13)14-10-11-7-4-3-5-8-11/h3-5,7-9,12H,2,6,10H2,1H3. The first kappa shape index (κ1) is 10.9. The van der Waals surface area contributed by atoms with Gasteiger partial charge in [0.1, 0.15) is 12.4 Å². The Morgan fingerprint density at radius 3 is 2.64 bits per heavy atom. The Morgan fingerprint density at radius 1 is 1.36 bits per heavy atom. The molecular formula is C12H16O2. The van der Waals surface area contributed by atoms with E-state index in [1.54, 1.807) is 0 Å². The van der Waals surface area contributed by atoms with E-state index in [-0.39, 0.29) is 6.10 Å². The Hall–Kier alpha value is -1.15. The lowest BCUT2D eigenvalue weighted by atomic mass is 10.2. The first-order valence-electron chi connectivity index (χ1n) is 4.97. The van der Waals surface area contributed by atoms with Crippen molar-refractivity contribution in [2.45, 2.75) is 32.5 Å². The lowest BCUT2D eigenvalue weighted by Gasteiger charge is -2.10. The highest BCUT2D eigenvalue weighted by molar-refractivity contribution is 5.55. The summed E-state index contributed by atoms with van der Waals surface area (Å²) in [6.07, 6.45) is 2.40. The second-order valence-electron chi connectivity index (χ2n) is 3.26. The summed E-state index contributed by atoms with van der Waals surface area (Å²) in [6.45, 7) is 2.56. The van der Waals surface area contributed by atoms with Gasteiger partial charge in [0, 0.05) is 0 Å². The lowest BCUT2D eigenvalue weighted by Crippen LogP contribution is -2.13. The molecule has 0 heterocycles. The van der Waals surface area contributed by atoms with Gasteiger partial charge in [0.15, 0.2) is 0 Å². The molecule has 0 saturated carbocycles.